The third-order valence-electron chi connectivity index (χ3n) is 3.02. The number of aromatic nitrogens is 3. The standard InChI is InChI=1S/C11H21N3/c1-4-6-7-10(5-2)9(3)11-12-8-13-14-11/h8-10H,4-7H2,1-3H3,(H,12,13,14). The van der Waals surface area contributed by atoms with Gasteiger partial charge in [0.15, 0.2) is 0 Å². The lowest BCUT2D eigenvalue weighted by atomic mass is 9.87. The van der Waals surface area contributed by atoms with Gasteiger partial charge >= 0.3 is 0 Å². The van der Waals surface area contributed by atoms with Gasteiger partial charge in [-0.3, -0.25) is 5.10 Å². The molecule has 80 valence electrons. The molecule has 1 heterocycles. The number of rotatable bonds is 6. The summed E-state index contributed by atoms with van der Waals surface area (Å²) >= 11 is 0. The van der Waals surface area contributed by atoms with Gasteiger partial charge in [-0.15, -0.1) is 0 Å². The van der Waals surface area contributed by atoms with Gasteiger partial charge in [0.25, 0.3) is 0 Å². The SMILES string of the molecule is CCCCC(CC)C(C)c1ncn[nH]1. The molecule has 0 spiro atoms. The Labute approximate surface area is 86.3 Å². The van der Waals surface area contributed by atoms with E-state index in [0.717, 1.165) is 11.7 Å². The lowest BCUT2D eigenvalue weighted by molar-refractivity contribution is 0.379. The van der Waals surface area contributed by atoms with Crippen LogP contribution < -0.4 is 0 Å². The van der Waals surface area contributed by atoms with Crippen LogP contribution in [-0.2, 0) is 0 Å². The molecule has 3 heteroatoms. The molecule has 1 aromatic rings. The minimum absolute atomic E-state index is 0.508. The van der Waals surface area contributed by atoms with E-state index in [2.05, 4.69) is 36.0 Å². The van der Waals surface area contributed by atoms with Crippen LogP contribution >= 0.6 is 0 Å². The van der Waals surface area contributed by atoms with Crippen LogP contribution in [-0.4, -0.2) is 15.2 Å². The molecule has 2 unspecified atom stereocenters. The van der Waals surface area contributed by atoms with Gasteiger partial charge in [-0.1, -0.05) is 40.0 Å². The molecule has 0 aromatic carbocycles. The second-order valence-electron chi connectivity index (χ2n) is 3.97. The molecular weight excluding hydrogens is 174 g/mol. The highest BCUT2D eigenvalue weighted by atomic mass is 15.2. The molecular formula is C11H21N3. The van der Waals surface area contributed by atoms with E-state index in [-0.39, 0.29) is 0 Å². The number of nitrogens with one attached hydrogen (secondary N) is 1. The number of hydrogen-bond acceptors (Lipinski definition) is 2. The summed E-state index contributed by atoms with van der Waals surface area (Å²) in [6.45, 7) is 6.74. The average Bonchev–Trinajstić information content (AvgIpc) is 2.71. The number of H-pyrrole nitrogens is 1. The Kier molecular flexibility index (Phi) is 4.63. The van der Waals surface area contributed by atoms with Gasteiger partial charge < -0.3 is 0 Å². The summed E-state index contributed by atoms with van der Waals surface area (Å²) in [6, 6.07) is 0. The quantitative estimate of drug-likeness (QED) is 0.757. The molecule has 0 aliphatic carbocycles. The zero-order valence-corrected chi connectivity index (χ0v) is 9.45. The van der Waals surface area contributed by atoms with Crippen molar-refractivity contribution in [3.05, 3.63) is 12.2 Å². The second-order valence-corrected chi connectivity index (χ2v) is 3.97. The largest absolute Gasteiger partial charge is 0.263 e. The summed E-state index contributed by atoms with van der Waals surface area (Å²) in [7, 11) is 0. The van der Waals surface area contributed by atoms with Crippen molar-refractivity contribution in [1.29, 1.82) is 0 Å². The fourth-order valence-corrected chi connectivity index (χ4v) is 1.93. The fraction of sp³-hybridized carbons (Fsp3) is 0.818. The van der Waals surface area contributed by atoms with Crippen LogP contribution in [0.4, 0.5) is 0 Å². The Morgan fingerprint density at radius 1 is 1.43 bits per heavy atom. The minimum Gasteiger partial charge on any atom is -0.263 e. The highest BCUT2D eigenvalue weighted by molar-refractivity contribution is 4.93. The van der Waals surface area contributed by atoms with E-state index in [4.69, 9.17) is 0 Å². The Morgan fingerprint density at radius 3 is 2.71 bits per heavy atom. The van der Waals surface area contributed by atoms with Gasteiger partial charge in [-0.05, 0) is 12.3 Å². The first-order chi connectivity index (χ1) is 6.79. The van der Waals surface area contributed by atoms with Gasteiger partial charge in [-0.25, -0.2) is 4.98 Å². The van der Waals surface area contributed by atoms with Crippen molar-refractivity contribution in [3.63, 3.8) is 0 Å². The molecule has 3 nitrogen and oxygen atoms in total. The molecule has 0 bridgehead atoms. The first kappa shape index (κ1) is 11.2. The van der Waals surface area contributed by atoms with Crippen molar-refractivity contribution >= 4 is 0 Å². The Morgan fingerprint density at radius 2 is 2.21 bits per heavy atom. The van der Waals surface area contributed by atoms with Crippen molar-refractivity contribution in [2.45, 2.75) is 52.4 Å². The van der Waals surface area contributed by atoms with Gasteiger partial charge in [0.05, 0.1) is 0 Å². The highest BCUT2D eigenvalue weighted by Crippen LogP contribution is 2.28. The molecule has 0 radical (unpaired) electrons. The molecule has 0 amide bonds. The van der Waals surface area contributed by atoms with E-state index in [9.17, 15) is 0 Å². The summed E-state index contributed by atoms with van der Waals surface area (Å²) in [5.41, 5.74) is 0. The second kappa shape index (κ2) is 5.78. The lowest BCUT2D eigenvalue weighted by Gasteiger charge is -2.20. The van der Waals surface area contributed by atoms with Gasteiger partial charge in [0, 0.05) is 5.92 Å². The van der Waals surface area contributed by atoms with Crippen LogP contribution in [0.1, 0.15) is 58.2 Å². The van der Waals surface area contributed by atoms with E-state index in [1.54, 1.807) is 6.33 Å². The molecule has 0 saturated carbocycles. The first-order valence-corrected chi connectivity index (χ1v) is 5.64. The van der Waals surface area contributed by atoms with Crippen LogP contribution in [0.2, 0.25) is 0 Å². The van der Waals surface area contributed by atoms with E-state index in [1.807, 2.05) is 0 Å². The number of aromatic amines is 1. The smallest absolute Gasteiger partial charge is 0.137 e. The van der Waals surface area contributed by atoms with Gasteiger partial charge in [-0.2, -0.15) is 5.10 Å². The fourth-order valence-electron chi connectivity index (χ4n) is 1.93. The monoisotopic (exact) mass is 195 g/mol. The number of hydrogen-bond donors (Lipinski definition) is 1. The van der Waals surface area contributed by atoms with Gasteiger partial charge in [0.2, 0.25) is 0 Å². The maximum atomic E-state index is 4.23. The number of unbranched alkanes of at least 4 members (excludes halogenated alkanes) is 1. The first-order valence-electron chi connectivity index (χ1n) is 5.64. The summed E-state index contributed by atoms with van der Waals surface area (Å²) in [4.78, 5) is 4.23. The predicted molar refractivity (Wildman–Crippen MR) is 58.1 cm³/mol. The van der Waals surface area contributed by atoms with Crippen LogP contribution in [0.3, 0.4) is 0 Å². The summed E-state index contributed by atoms with van der Waals surface area (Å²) in [5, 5.41) is 6.87. The summed E-state index contributed by atoms with van der Waals surface area (Å²) in [5.74, 6) is 2.28. The van der Waals surface area contributed by atoms with Crippen molar-refractivity contribution in [2.75, 3.05) is 0 Å². The number of nitrogens with zero attached hydrogens (tertiary/aromatic N) is 2. The minimum atomic E-state index is 0.508. The molecule has 14 heavy (non-hydrogen) atoms. The van der Waals surface area contributed by atoms with Crippen molar-refractivity contribution < 1.29 is 0 Å². The molecule has 0 fully saturated rings. The molecule has 1 aromatic heterocycles. The topological polar surface area (TPSA) is 41.6 Å². The van der Waals surface area contributed by atoms with E-state index in [0.29, 0.717) is 5.92 Å². The normalized spacial score (nSPS) is 15.4. The zero-order valence-electron chi connectivity index (χ0n) is 9.45. The van der Waals surface area contributed by atoms with Crippen molar-refractivity contribution in [2.24, 2.45) is 5.92 Å². The molecule has 1 rings (SSSR count). The third-order valence-corrected chi connectivity index (χ3v) is 3.02. The summed E-state index contributed by atoms with van der Waals surface area (Å²) in [6.07, 6.45) is 6.71. The maximum Gasteiger partial charge on any atom is 0.137 e. The Hall–Kier alpha value is -0.860. The molecule has 0 saturated heterocycles. The van der Waals surface area contributed by atoms with E-state index < -0.39 is 0 Å². The molecule has 0 aliphatic rings. The Bertz CT molecular complexity index is 231. The van der Waals surface area contributed by atoms with Gasteiger partial charge in [0.1, 0.15) is 12.2 Å². The van der Waals surface area contributed by atoms with Crippen molar-refractivity contribution in [3.8, 4) is 0 Å². The molecule has 0 aliphatic heterocycles. The maximum absolute atomic E-state index is 4.23. The summed E-state index contributed by atoms with van der Waals surface area (Å²) < 4.78 is 0. The van der Waals surface area contributed by atoms with Crippen LogP contribution in [0.5, 0.6) is 0 Å². The third kappa shape index (κ3) is 2.82. The van der Waals surface area contributed by atoms with E-state index in [1.165, 1.54) is 25.7 Å². The molecule has 1 N–H and O–H groups in total. The Balaban J connectivity index is 2.51. The highest BCUT2D eigenvalue weighted by Gasteiger charge is 2.18. The zero-order chi connectivity index (χ0) is 10.4. The van der Waals surface area contributed by atoms with Crippen LogP contribution in [0, 0.1) is 5.92 Å². The average molecular weight is 195 g/mol. The van der Waals surface area contributed by atoms with E-state index >= 15 is 0 Å². The van der Waals surface area contributed by atoms with Crippen LogP contribution in [0.25, 0.3) is 0 Å². The predicted octanol–water partition coefficient (Wildman–Crippen LogP) is 3.12. The molecule has 2 atom stereocenters. The lowest BCUT2D eigenvalue weighted by Crippen LogP contribution is -2.10. The van der Waals surface area contributed by atoms with Crippen molar-refractivity contribution in [1.82, 2.24) is 15.2 Å². The van der Waals surface area contributed by atoms with Crippen LogP contribution in [0.15, 0.2) is 6.33 Å².